The number of pyridine rings is 1. The summed E-state index contributed by atoms with van der Waals surface area (Å²) >= 11 is 0. The highest BCUT2D eigenvalue weighted by atomic mass is 19.3. The van der Waals surface area contributed by atoms with Gasteiger partial charge >= 0.3 is 12.6 Å². The maximum atomic E-state index is 13.7. The lowest BCUT2D eigenvalue weighted by molar-refractivity contribution is -0.260. The lowest BCUT2D eigenvalue weighted by Gasteiger charge is -2.59. The third-order valence-corrected chi connectivity index (χ3v) is 8.68. The average molecular weight is 522 g/mol. The summed E-state index contributed by atoms with van der Waals surface area (Å²) in [7, 11) is 0. The molecule has 1 aromatic rings. The molecular formula is C27H37F2N3O5. The molecule has 4 bridgehead atoms. The number of ether oxygens (including phenoxy) is 2. The molecule has 1 aromatic heterocycles. The third kappa shape index (κ3) is 5.68. The van der Waals surface area contributed by atoms with Gasteiger partial charge in [-0.05, 0) is 81.1 Å². The van der Waals surface area contributed by atoms with Crippen molar-refractivity contribution in [3.63, 3.8) is 0 Å². The molecule has 1 amide bonds. The Morgan fingerprint density at radius 3 is 2.68 bits per heavy atom. The number of hydrogen-bond acceptors (Lipinski definition) is 6. The van der Waals surface area contributed by atoms with Crippen molar-refractivity contribution in [2.75, 3.05) is 24.6 Å². The Bertz CT molecular complexity index is 988. The highest BCUT2D eigenvalue weighted by Crippen LogP contribution is 2.57. The van der Waals surface area contributed by atoms with Crippen LogP contribution in [0.4, 0.5) is 14.6 Å². The maximum Gasteiger partial charge on any atom is 0.345 e. The summed E-state index contributed by atoms with van der Waals surface area (Å²) in [4.78, 5) is 31.7. The fourth-order valence-corrected chi connectivity index (χ4v) is 7.56. The smallest absolute Gasteiger partial charge is 0.345 e. The third-order valence-electron chi connectivity index (χ3n) is 8.68. The molecule has 2 unspecified atom stereocenters. The molecule has 2 N–H and O–H groups in total. The number of rotatable bonds is 10. The van der Waals surface area contributed by atoms with Crippen molar-refractivity contribution in [3.8, 4) is 5.88 Å². The lowest BCUT2D eigenvalue weighted by atomic mass is 9.52. The number of carboxylic acid groups (broad SMARTS) is 1. The van der Waals surface area contributed by atoms with E-state index in [1.54, 1.807) is 12.1 Å². The normalized spacial score (nSPS) is 32.5. The molecule has 8 nitrogen and oxygen atoms in total. The van der Waals surface area contributed by atoms with Crippen LogP contribution >= 0.6 is 0 Å². The van der Waals surface area contributed by atoms with Gasteiger partial charge < -0.3 is 24.8 Å². The molecule has 4 saturated carbocycles. The minimum atomic E-state index is -2.78. The van der Waals surface area contributed by atoms with Crippen LogP contribution in [0.5, 0.6) is 5.88 Å². The molecule has 5 fully saturated rings. The van der Waals surface area contributed by atoms with Crippen molar-refractivity contribution in [3.05, 3.63) is 17.7 Å². The zero-order chi connectivity index (χ0) is 26.2. The molecule has 37 heavy (non-hydrogen) atoms. The topological polar surface area (TPSA) is 101 Å². The molecule has 0 radical (unpaired) electrons. The van der Waals surface area contributed by atoms with E-state index in [-0.39, 0.29) is 36.1 Å². The largest absolute Gasteiger partial charge is 0.481 e. The van der Waals surface area contributed by atoms with Crippen LogP contribution in [0, 0.1) is 23.7 Å². The van der Waals surface area contributed by atoms with Crippen molar-refractivity contribution in [2.24, 2.45) is 23.7 Å². The first-order chi connectivity index (χ1) is 17.7. The first-order valence-electron chi connectivity index (χ1n) is 13.6. The van der Waals surface area contributed by atoms with Crippen molar-refractivity contribution in [1.82, 2.24) is 10.3 Å². The highest BCUT2D eigenvalue weighted by molar-refractivity contribution is 5.99. The number of carbonyl (C=O) groups is 2. The molecular weight excluding hydrogens is 484 g/mol. The van der Waals surface area contributed by atoms with Gasteiger partial charge in [-0.2, -0.15) is 13.8 Å². The number of piperidine rings is 1. The van der Waals surface area contributed by atoms with Gasteiger partial charge in [0.15, 0.2) is 0 Å². The van der Waals surface area contributed by atoms with E-state index in [1.165, 1.54) is 0 Å². The number of carboxylic acids is 1. The quantitative estimate of drug-likeness (QED) is 0.468. The number of aliphatic carboxylic acids is 1. The number of alkyl halides is 2. The molecule has 6 atom stereocenters. The Labute approximate surface area is 216 Å². The van der Waals surface area contributed by atoms with Gasteiger partial charge in [-0.15, -0.1) is 0 Å². The number of aromatic nitrogens is 1. The second-order valence-corrected chi connectivity index (χ2v) is 11.5. The van der Waals surface area contributed by atoms with Crippen molar-refractivity contribution in [1.29, 1.82) is 0 Å². The summed E-state index contributed by atoms with van der Waals surface area (Å²) in [6.45, 7) is 0.936. The summed E-state index contributed by atoms with van der Waals surface area (Å²) < 4.78 is 37.2. The van der Waals surface area contributed by atoms with Crippen molar-refractivity contribution in [2.45, 2.75) is 83.0 Å². The van der Waals surface area contributed by atoms with E-state index in [0.717, 1.165) is 32.1 Å². The predicted molar refractivity (Wildman–Crippen MR) is 132 cm³/mol. The molecule has 10 heteroatoms. The number of hydrogen-bond donors (Lipinski definition) is 2. The Hall–Kier alpha value is -2.49. The predicted octanol–water partition coefficient (Wildman–Crippen LogP) is 4.48. The fourth-order valence-electron chi connectivity index (χ4n) is 7.56. The van der Waals surface area contributed by atoms with E-state index < -0.39 is 18.2 Å². The molecule has 4 aliphatic carbocycles. The van der Waals surface area contributed by atoms with Gasteiger partial charge in [0.05, 0.1) is 17.8 Å². The van der Waals surface area contributed by atoms with E-state index in [9.17, 15) is 23.5 Å². The van der Waals surface area contributed by atoms with E-state index >= 15 is 0 Å². The van der Waals surface area contributed by atoms with Crippen molar-refractivity contribution >= 4 is 17.7 Å². The fraction of sp³-hybridized carbons (Fsp3) is 0.741. The number of amides is 1. The molecule has 1 aliphatic heterocycles. The molecule has 0 aromatic carbocycles. The van der Waals surface area contributed by atoms with E-state index in [2.05, 4.69) is 10.3 Å². The van der Waals surface area contributed by atoms with Crippen LogP contribution in [-0.2, 0) is 9.53 Å². The Balaban J connectivity index is 1.35. The number of nitrogens with zero attached hydrogens (tertiary/aromatic N) is 2. The highest BCUT2D eigenvalue weighted by Gasteiger charge is 2.57. The van der Waals surface area contributed by atoms with Gasteiger partial charge in [0.25, 0.3) is 5.91 Å². The molecule has 1 saturated heterocycles. The summed E-state index contributed by atoms with van der Waals surface area (Å²) in [5, 5.41) is 12.5. The Morgan fingerprint density at radius 1 is 1.24 bits per heavy atom. The molecule has 6 rings (SSSR count). The SMILES string of the molecule is CCCOc1ccc(C(=O)N[C@@H]2C3CC4C[C@H]2C[C@](OC(F)F)(C4)C3)c(N2CCC[C@@H](CC(=O)O)C2)n1. The van der Waals surface area contributed by atoms with Crippen LogP contribution in [-0.4, -0.2) is 59.9 Å². The van der Waals surface area contributed by atoms with Crippen LogP contribution in [0.25, 0.3) is 0 Å². The molecule has 2 heterocycles. The van der Waals surface area contributed by atoms with Crippen molar-refractivity contribution < 1.29 is 33.0 Å². The zero-order valence-corrected chi connectivity index (χ0v) is 21.3. The van der Waals surface area contributed by atoms with Crippen LogP contribution < -0.4 is 15.0 Å². The number of carbonyl (C=O) groups excluding carboxylic acids is 1. The molecule has 0 spiro atoms. The number of nitrogens with one attached hydrogen (secondary N) is 1. The zero-order valence-electron chi connectivity index (χ0n) is 21.3. The number of halogens is 2. The van der Waals surface area contributed by atoms with Gasteiger partial charge in [0.1, 0.15) is 5.82 Å². The van der Waals surface area contributed by atoms with Crippen LogP contribution in [0.2, 0.25) is 0 Å². The minimum absolute atomic E-state index is 0.0142. The lowest BCUT2D eigenvalue weighted by Crippen LogP contribution is -2.62. The van der Waals surface area contributed by atoms with Gasteiger partial charge in [-0.25, -0.2) is 0 Å². The first-order valence-corrected chi connectivity index (χ1v) is 13.6. The Kier molecular flexibility index (Phi) is 7.56. The van der Waals surface area contributed by atoms with E-state index in [1.807, 2.05) is 11.8 Å². The van der Waals surface area contributed by atoms with E-state index in [4.69, 9.17) is 9.47 Å². The summed E-state index contributed by atoms with van der Waals surface area (Å²) in [5.41, 5.74) is -0.323. The number of anilines is 1. The minimum Gasteiger partial charge on any atom is -0.481 e. The van der Waals surface area contributed by atoms with E-state index in [0.29, 0.717) is 62.1 Å². The monoisotopic (exact) mass is 521 g/mol. The van der Waals surface area contributed by atoms with Crippen LogP contribution in [0.15, 0.2) is 12.1 Å². The van der Waals surface area contributed by atoms with Gasteiger partial charge in [0.2, 0.25) is 5.88 Å². The second kappa shape index (κ2) is 10.7. The average Bonchev–Trinajstić information content (AvgIpc) is 2.83. The summed E-state index contributed by atoms with van der Waals surface area (Å²) in [6.07, 6.45) is 6.18. The van der Waals surface area contributed by atoms with Gasteiger partial charge in [-0.3, -0.25) is 9.59 Å². The van der Waals surface area contributed by atoms with Gasteiger partial charge in [0, 0.05) is 31.6 Å². The van der Waals surface area contributed by atoms with Gasteiger partial charge in [-0.1, -0.05) is 6.92 Å². The Morgan fingerprint density at radius 2 is 2.00 bits per heavy atom. The standard InChI is InChI=1S/C27H37F2N3O5/c1-2-8-36-21-6-5-20(24(30-21)32-7-3-4-16(15-32)11-22(33)34)25(35)31-23-18-9-17-10-19(23)14-27(12-17,13-18)37-26(28)29/h5-6,16-19,23,26H,2-4,7-15H2,1H3,(H,31,35)(H,33,34)/t16-,17?,18-,19?,23-,27+/m0/s1. The van der Waals surface area contributed by atoms with Crippen LogP contribution in [0.3, 0.4) is 0 Å². The summed E-state index contributed by atoms with van der Waals surface area (Å²) in [6, 6.07) is 3.36. The molecule has 5 aliphatic rings. The first kappa shape index (κ1) is 26.1. The van der Waals surface area contributed by atoms with Crippen LogP contribution in [0.1, 0.15) is 75.1 Å². The second-order valence-electron chi connectivity index (χ2n) is 11.5. The molecule has 204 valence electrons. The maximum absolute atomic E-state index is 13.7. The summed E-state index contributed by atoms with van der Waals surface area (Å²) in [5.74, 6) is 0.493.